The lowest BCUT2D eigenvalue weighted by Gasteiger charge is -2.16. The highest BCUT2D eigenvalue weighted by Crippen LogP contribution is 2.17. The summed E-state index contributed by atoms with van der Waals surface area (Å²) in [5.74, 6) is -0.414. The molecule has 1 N–H and O–H groups in total. The average Bonchev–Trinajstić information content (AvgIpc) is 2.67. The number of aromatic nitrogens is 3. The predicted molar refractivity (Wildman–Crippen MR) is 113 cm³/mol. The van der Waals surface area contributed by atoms with Gasteiger partial charge in [0.25, 0.3) is 11.5 Å². The lowest BCUT2D eigenvalue weighted by molar-refractivity contribution is 0.102. The normalized spacial score (nSPS) is 10.9. The summed E-state index contributed by atoms with van der Waals surface area (Å²) >= 11 is 0. The van der Waals surface area contributed by atoms with Gasteiger partial charge in [-0.15, -0.1) is 0 Å². The van der Waals surface area contributed by atoms with Crippen LogP contribution in [0.15, 0.2) is 53.7 Å². The third kappa shape index (κ3) is 4.94. The van der Waals surface area contributed by atoms with Crippen molar-refractivity contribution in [1.82, 2.24) is 19.4 Å². The molecule has 0 aliphatic carbocycles. The molecule has 1 amide bonds. The van der Waals surface area contributed by atoms with Gasteiger partial charge in [-0.05, 0) is 51.2 Å². The molecule has 3 rings (SSSR count). The number of rotatable bonds is 6. The Hall–Kier alpha value is -3.32. The Morgan fingerprint density at radius 2 is 1.86 bits per heavy atom. The minimum absolute atomic E-state index is 0.132. The van der Waals surface area contributed by atoms with Crippen LogP contribution in [0.5, 0.6) is 0 Å². The Bertz CT molecular complexity index is 1070. The van der Waals surface area contributed by atoms with Crippen LogP contribution in [0.3, 0.4) is 0 Å². The molecule has 0 aliphatic rings. The molecule has 2 heterocycles. The molecule has 7 heteroatoms. The molecule has 2 aromatic heterocycles. The molecule has 0 radical (unpaired) electrons. The Balaban J connectivity index is 1.90. The Morgan fingerprint density at radius 1 is 1.10 bits per heavy atom. The molecule has 0 bridgehead atoms. The van der Waals surface area contributed by atoms with Crippen molar-refractivity contribution < 1.29 is 4.79 Å². The summed E-state index contributed by atoms with van der Waals surface area (Å²) in [5.41, 5.74) is 3.55. The maximum absolute atomic E-state index is 13.0. The zero-order chi connectivity index (χ0) is 21.0. The summed E-state index contributed by atoms with van der Waals surface area (Å²) in [5, 5.41) is 2.91. The molecule has 0 saturated carbocycles. The van der Waals surface area contributed by atoms with E-state index in [0.717, 1.165) is 11.3 Å². The second-order valence-corrected chi connectivity index (χ2v) is 7.30. The van der Waals surface area contributed by atoms with Gasteiger partial charge in [-0.25, -0.2) is 0 Å². The van der Waals surface area contributed by atoms with E-state index >= 15 is 0 Å². The molecule has 0 fully saturated rings. The van der Waals surface area contributed by atoms with Crippen molar-refractivity contribution in [3.05, 3.63) is 87.4 Å². The van der Waals surface area contributed by atoms with Crippen LogP contribution < -0.4 is 10.9 Å². The highest BCUT2D eigenvalue weighted by atomic mass is 16.2. The summed E-state index contributed by atoms with van der Waals surface area (Å²) in [6.45, 7) is 4.55. The number of nitrogens with one attached hydrogen (secondary N) is 1. The average molecular weight is 391 g/mol. The molecule has 0 saturated heterocycles. The van der Waals surface area contributed by atoms with E-state index in [1.165, 1.54) is 4.57 Å². The van der Waals surface area contributed by atoms with Crippen LogP contribution in [0.1, 0.15) is 32.9 Å². The van der Waals surface area contributed by atoms with Crippen molar-refractivity contribution in [1.29, 1.82) is 0 Å². The molecule has 7 nitrogen and oxygen atoms in total. The van der Waals surface area contributed by atoms with Gasteiger partial charge in [-0.2, -0.15) is 0 Å². The number of aryl methyl sites for hydroxylation is 2. The van der Waals surface area contributed by atoms with Crippen LogP contribution >= 0.6 is 0 Å². The van der Waals surface area contributed by atoms with E-state index < -0.39 is 5.91 Å². The van der Waals surface area contributed by atoms with Crippen LogP contribution in [0.4, 0.5) is 5.69 Å². The zero-order valence-corrected chi connectivity index (χ0v) is 17.1. The standard InChI is InChI=1S/C22H25N5O2/c1-15-9-10-27(14-18-12-23-16(2)11-24-18)22(29)20(15)21(28)25-19-8-6-5-7-17(19)13-26(3)4/h5-12H,13-14H2,1-4H3,(H,25,28). The van der Waals surface area contributed by atoms with Crippen LogP contribution in [0.2, 0.25) is 0 Å². The van der Waals surface area contributed by atoms with E-state index in [1.54, 1.807) is 31.6 Å². The molecule has 0 unspecified atom stereocenters. The molecule has 0 aliphatic heterocycles. The van der Waals surface area contributed by atoms with E-state index in [0.29, 0.717) is 23.5 Å². The highest BCUT2D eigenvalue weighted by molar-refractivity contribution is 6.05. The number of nitrogens with zero attached hydrogens (tertiary/aromatic N) is 4. The van der Waals surface area contributed by atoms with Gasteiger partial charge in [0.15, 0.2) is 0 Å². The number of pyridine rings is 1. The Kier molecular flexibility index (Phi) is 6.19. The lowest BCUT2D eigenvalue weighted by atomic mass is 10.1. The largest absolute Gasteiger partial charge is 0.322 e. The van der Waals surface area contributed by atoms with Gasteiger partial charge >= 0.3 is 0 Å². The van der Waals surface area contributed by atoms with Gasteiger partial charge < -0.3 is 14.8 Å². The SMILES string of the molecule is Cc1cnc(Cn2ccc(C)c(C(=O)Nc3ccccc3CN(C)C)c2=O)cn1. The van der Waals surface area contributed by atoms with E-state index in [2.05, 4.69) is 15.3 Å². The van der Waals surface area contributed by atoms with Crippen molar-refractivity contribution in [3.63, 3.8) is 0 Å². The number of amides is 1. The third-order valence-electron chi connectivity index (χ3n) is 4.52. The van der Waals surface area contributed by atoms with Gasteiger partial charge in [-0.1, -0.05) is 18.2 Å². The lowest BCUT2D eigenvalue weighted by Crippen LogP contribution is -2.31. The quantitative estimate of drug-likeness (QED) is 0.699. The molecular formula is C22H25N5O2. The van der Waals surface area contributed by atoms with Gasteiger partial charge in [-0.3, -0.25) is 19.6 Å². The number of carbonyl (C=O) groups is 1. The van der Waals surface area contributed by atoms with Crippen LogP contribution in [-0.2, 0) is 13.1 Å². The number of hydrogen-bond acceptors (Lipinski definition) is 5. The predicted octanol–water partition coefficient (Wildman–Crippen LogP) is 2.62. The molecule has 0 atom stereocenters. The molecular weight excluding hydrogens is 366 g/mol. The van der Waals surface area contributed by atoms with Crippen molar-refractivity contribution in [2.24, 2.45) is 0 Å². The number of carbonyl (C=O) groups excluding carboxylic acids is 1. The van der Waals surface area contributed by atoms with E-state index in [1.807, 2.05) is 50.2 Å². The smallest absolute Gasteiger partial charge is 0.264 e. The van der Waals surface area contributed by atoms with Gasteiger partial charge in [0, 0.05) is 24.6 Å². The minimum Gasteiger partial charge on any atom is -0.322 e. The summed E-state index contributed by atoms with van der Waals surface area (Å²) in [6, 6.07) is 9.36. The van der Waals surface area contributed by atoms with Crippen molar-refractivity contribution in [2.45, 2.75) is 26.9 Å². The van der Waals surface area contributed by atoms with Crippen LogP contribution in [-0.4, -0.2) is 39.4 Å². The second-order valence-electron chi connectivity index (χ2n) is 7.30. The third-order valence-corrected chi connectivity index (χ3v) is 4.52. The van der Waals surface area contributed by atoms with Crippen LogP contribution in [0, 0.1) is 13.8 Å². The molecule has 29 heavy (non-hydrogen) atoms. The summed E-state index contributed by atoms with van der Waals surface area (Å²) in [6.07, 6.45) is 4.97. The number of hydrogen-bond donors (Lipinski definition) is 1. The second kappa shape index (κ2) is 8.79. The van der Waals surface area contributed by atoms with Crippen molar-refractivity contribution in [3.8, 4) is 0 Å². The molecule has 150 valence electrons. The maximum Gasteiger partial charge on any atom is 0.264 e. The van der Waals surface area contributed by atoms with Crippen LogP contribution in [0.25, 0.3) is 0 Å². The van der Waals surface area contributed by atoms with Gasteiger partial charge in [0.2, 0.25) is 0 Å². The molecule has 3 aromatic rings. The minimum atomic E-state index is -0.414. The fourth-order valence-electron chi connectivity index (χ4n) is 3.05. The Morgan fingerprint density at radius 3 is 2.55 bits per heavy atom. The monoisotopic (exact) mass is 391 g/mol. The number of anilines is 1. The van der Waals surface area contributed by atoms with Crippen molar-refractivity contribution in [2.75, 3.05) is 19.4 Å². The number of para-hydroxylation sites is 1. The molecule has 1 aromatic carbocycles. The molecule has 0 spiro atoms. The van der Waals surface area contributed by atoms with E-state index in [-0.39, 0.29) is 17.7 Å². The number of benzene rings is 1. The Labute approximate surface area is 170 Å². The topological polar surface area (TPSA) is 80.1 Å². The summed E-state index contributed by atoms with van der Waals surface area (Å²) in [4.78, 5) is 36.5. The van der Waals surface area contributed by atoms with Gasteiger partial charge in [0.1, 0.15) is 5.56 Å². The summed E-state index contributed by atoms with van der Waals surface area (Å²) in [7, 11) is 3.93. The first-order valence-corrected chi connectivity index (χ1v) is 9.36. The first kappa shape index (κ1) is 20.4. The maximum atomic E-state index is 13.0. The van der Waals surface area contributed by atoms with Gasteiger partial charge in [0.05, 0.1) is 24.1 Å². The summed E-state index contributed by atoms with van der Waals surface area (Å²) < 4.78 is 1.48. The first-order chi connectivity index (χ1) is 13.8. The van der Waals surface area contributed by atoms with Crippen molar-refractivity contribution >= 4 is 11.6 Å². The zero-order valence-electron chi connectivity index (χ0n) is 17.1. The fourth-order valence-corrected chi connectivity index (χ4v) is 3.05. The van der Waals surface area contributed by atoms with E-state index in [4.69, 9.17) is 0 Å². The first-order valence-electron chi connectivity index (χ1n) is 9.36. The van der Waals surface area contributed by atoms with E-state index in [9.17, 15) is 9.59 Å². The highest BCUT2D eigenvalue weighted by Gasteiger charge is 2.17. The fraction of sp³-hybridized carbons (Fsp3) is 0.273.